The molecule has 4 aromatic carbocycles. The van der Waals surface area contributed by atoms with Crippen LogP contribution in [0.2, 0.25) is 0 Å². The molecule has 4 fully saturated rings. The number of nitrogens with zero attached hydrogens (tertiary/aromatic N) is 1. The van der Waals surface area contributed by atoms with Crippen LogP contribution in [0.15, 0.2) is 96.6 Å². The fourth-order valence-corrected chi connectivity index (χ4v) is 14.9. The first-order valence-corrected chi connectivity index (χ1v) is 28.3. The van der Waals surface area contributed by atoms with Crippen LogP contribution in [0.4, 0.5) is 22.4 Å². The van der Waals surface area contributed by atoms with Crippen molar-refractivity contribution >= 4 is 18.0 Å². The lowest BCUT2D eigenvalue weighted by Gasteiger charge is -2.58. The third kappa shape index (κ3) is 11.4. The van der Waals surface area contributed by atoms with Gasteiger partial charge in [0.2, 0.25) is 17.4 Å². The van der Waals surface area contributed by atoms with E-state index < -0.39 is 77.6 Å². The molecule has 4 aromatic rings. The van der Waals surface area contributed by atoms with Gasteiger partial charge < -0.3 is 28.4 Å². The molecule has 0 unspecified atom stereocenters. The molecule has 0 bridgehead atoms. The van der Waals surface area contributed by atoms with Crippen molar-refractivity contribution in [3.05, 3.63) is 137 Å². The first-order valence-electron chi connectivity index (χ1n) is 28.3. The van der Waals surface area contributed by atoms with E-state index in [2.05, 4.69) is 45.4 Å². The molecule has 1 amide bonds. The van der Waals surface area contributed by atoms with Crippen molar-refractivity contribution in [3.8, 4) is 17.2 Å². The standard InChI is InChI=1S/C64H77F4NO9/c1-39(2)12-11-13-40(3)51-26-27-52-50-25-20-44-34-48(30-32-62(44,4)53(50)31-33-63(51,52)5)77-61(72)69-37-49(76-56(70)28-29-57(71)78-60-58(67)54(65)36-55(66)59(60)68)35-45(69)38-75-64(41-14-9-8-10-15-41,42-16-21-46(73-6)22-17-42)43-18-23-47(74-7)24-19-43/h8-10,14-24,36,39-40,45,48-53H,11-13,25-35,37-38H2,1-7H3/t40-,45+,48+,49-,50+,51-,52+,53+,62+,63-/m1/s1. The number of allylic oxidation sites excluding steroid dienone is 1. The number of ether oxygens (including phenoxy) is 6. The number of hydrogen-bond acceptors (Lipinski definition) is 9. The van der Waals surface area contributed by atoms with Crippen LogP contribution >= 0.6 is 0 Å². The highest BCUT2D eigenvalue weighted by Crippen LogP contribution is 2.67. The second-order valence-corrected chi connectivity index (χ2v) is 23.8. The summed E-state index contributed by atoms with van der Waals surface area (Å²) in [5.74, 6) is -5.48. The summed E-state index contributed by atoms with van der Waals surface area (Å²) in [6.45, 7) is 12.1. The van der Waals surface area contributed by atoms with Crippen LogP contribution in [0, 0.1) is 69.6 Å². The van der Waals surface area contributed by atoms with Gasteiger partial charge in [-0.1, -0.05) is 120 Å². The molecule has 1 aliphatic heterocycles. The Hall–Kier alpha value is -5.89. The molecule has 0 spiro atoms. The van der Waals surface area contributed by atoms with E-state index in [4.69, 9.17) is 23.7 Å². The zero-order valence-corrected chi connectivity index (χ0v) is 46.3. The predicted molar refractivity (Wildman–Crippen MR) is 288 cm³/mol. The number of benzene rings is 4. The number of likely N-dealkylation sites (tertiary alicyclic amines) is 1. The average Bonchev–Trinajstić information content (AvgIpc) is 4.12. The van der Waals surface area contributed by atoms with E-state index in [1.807, 2.05) is 78.9 Å². The van der Waals surface area contributed by atoms with Crippen LogP contribution < -0.4 is 14.2 Å². The summed E-state index contributed by atoms with van der Waals surface area (Å²) < 4.78 is 91.7. The summed E-state index contributed by atoms with van der Waals surface area (Å²) >= 11 is 0. The summed E-state index contributed by atoms with van der Waals surface area (Å²) in [6, 6.07) is 24.2. The van der Waals surface area contributed by atoms with Crippen molar-refractivity contribution in [1.82, 2.24) is 4.90 Å². The maximum atomic E-state index is 14.8. The number of hydrogen-bond donors (Lipinski definition) is 0. The minimum atomic E-state index is -1.89. The minimum Gasteiger partial charge on any atom is -0.497 e. The van der Waals surface area contributed by atoms with Gasteiger partial charge in [-0.25, -0.2) is 13.6 Å². The molecule has 1 heterocycles. The summed E-state index contributed by atoms with van der Waals surface area (Å²) in [4.78, 5) is 42.5. The minimum absolute atomic E-state index is 0.00406. The number of amides is 1. The Morgan fingerprint density at radius 1 is 0.718 bits per heavy atom. The van der Waals surface area contributed by atoms with Gasteiger partial charge >= 0.3 is 18.0 Å². The lowest BCUT2D eigenvalue weighted by Crippen LogP contribution is -2.51. The lowest BCUT2D eigenvalue weighted by atomic mass is 9.47. The quantitative estimate of drug-likeness (QED) is 0.0226. The molecular formula is C64H77F4NO9. The molecule has 4 aliphatic carbocycles. The number of esters is 2. The van der Waals surface area contributed by atoms with Gasteiger partial charge in [0.25, 0.3) is 0 Å². The molecule has 0 N–H and O–H groups in total. The van der Waals surface area contributed by atoms with Gasteiger partial charge in [0.1, 0.15) is 29.3 Å². The monoisotopic (exact) mass is 1080 g/mol. The van der Waals surface area contributed by atoms with Crippen molar-refractivity contribution in [1.29, 1.82) is 0 Å². The van der Waals surface area contributed by atoms with Crippen molar-refractivity contribution in [3.63, 3.8) is 0 Å². The molecule has 0 radical (unpaired) electrons. The predicted octanol–water partition coefficient (Wildman–Crippen LogP) is 14.5. The zero-order valence-electron chi connectivity index (χ0n) is 46.3. The molecule has 9 rings (SSSR count). The van der Waals surface area contributed by atoms with E-state index in [-0.39, 0.29) is 37.2 Å². The topological polar surface area (TPSA) is 110 Å². The van der Waals surface area contributed by atoms with Gasteiger partial charge in [0.15, 0.2) is 11.6 Å². The fraction of sp³-hybridized carbons (Fsp3) is 0.547. The normalized spacial score (nSPS) is 27.0. The van der Waals surface area contributed by atoms with E-state index in [1.165, 1.54) is 50.5 Å². The van der Waals surface area contributed by atoms with Crippen molar-refractivity contribution in [2.24, 2.45) is 46.3 Å². The maximum Gasteiger partial charge on any atom is 0.410 e. The van der Waals surface area contributed by atoms with Gasteiger partial charge in [-0.2, -0.15) is 8.78 Å². The first-order chi connectivity index (χ1) is 37.4. The van der Waals surface area contributed by atoms with E-state index in [0.717, 1.165) is 53.2 Å². The largest absolute Gasteiger partial charge is 0.497 e. The third-order valence-corrected chi connectivity index (χ3v) is 18.9. The Balaban J connectivity index is 0.935. The molecule has 10 nitrogen and oxygen atoms in total. The molecule has 78 heavy (non-hydrogen) atoms. The summed E-state index contributed by atoms with van der Waals surface area (Å²) in [5, 5.41) is 0. The molecule has 3 saturated carbocycles. The SMILES string of the molecule is COc1ccc(C(OC[C@@H]2C[C@@H](OC(=O)CCC(=O)Oc3c(F)c(F)cc(F)c3F)CN2C(=O)O[C@H]2CC[C@@]3(C)C(=CC[C@H]4[C@@H]5CC[C@H]([C@H](C)CCCC(C)C)[C@@]5(C)CC[C@@H]43)C2)(c2ccccc2)c2ccc(OC)cc2)cc1. The smallest absolute Gasteiger partial charge is 0.410 e. The summed E-state index contributed by atoms with van der Waals surface area (Å²) in [5.41, 5.74) is 2.91. The van der Waals surface area contributed by atoms with Crippen LogP contribution in [0.5, 0.6) is 17.2 Å². The van der Waals surface area contributed by atoms with Gasteiger partial charge in [0.05, 0.1) is 46.3 Å². The van der Waals surface area contributed by atoms with Gasteiger partial charge in [-0.3, -0.25) is 14.5 Å². The molecular weight excluding hydrogens is 1000 g/mol. The van der Waals surface area contributed by atoms with Crippen molar-refractivity contribution in [2.45, 2.75) is 148 Å². The van der Waals surface area contributed by atoms with E-state index in [1.54, 1.807) is 19.1 Å². The molecule has 14 heteroatoms. The van der Waals surface area contributed by atoms with E-state index >= 15 is 0 Å². The van der Waals surface area contributed by atoms with Crippen LogP contribution in [0.25, 0.3) is 0 Å². The third-order valence-electron chi connectivity index (χ3n) is 18.9. The lowest BCUT2D eigenvalue weighted by molar-refractivity contribution is -0.151. The second-order valence-electron chi connectivity index (χ2n) is 23.8. The Morgan fingerprint density at radius 2 is 1.35 bits per heavy atom. The Morgan fingerprint density at radius 3 is 1.97 bits per heavy atom. The number of methoxy groups -OCH3 is 2. The second kappa shape index (κ2) is 23.8. The molecule has 5 aliphatic rings. The zero-order chi connectivity index (χ0) is 55.5. The highest BCUT2D eigenvalue weighted by atomic mass is 19.2. The Bertz CT molecular complexity index is 2720. The van der Waals surface area contributed by atoms with Crippen LogP contribution in [-0.2, 0) is 29.4 Å². The summed E-state index contributed by atoms with van der Waals surface area (Å²) in [7, 11) is 3.19. The fourth-order valence-electron chi connectivity index (χ4n) is 14.9. The van der Waals surface area contributed by atoms with Crippen LogP contribution in [-0.4, -0.2) is 68.6 Å². The summed E-state index contributed by atoms with van der Waals surface area (Å²) in [6.07, 6.45) is 11.9. The molecule has 10 atom stereocenters. The Labute approximate surface area is 457 Å². The molecule has 1 saturated heterocycles. The van der Waals surface area contributed by atoms with Gasteiger partial charge in [-0.05, 0) is 132 Å². The van der Waals surface area contributed by atoms with Crippen LogP contribution in [0.1, 0.15) is 141 Å². The number of carbonyl (C=O) groups excluding carboxylic acids is 3. The van der Waals surface area contributed by atoms with E-state index in [9.17, 15) is 31.9 Å². The number of rotatable bonds is 19. The average molecular weight is 1080 g/mol. The van der Waals surface area contributed by atoms with Crippen molar-refractivity contribution in [2.75, 3.05) is 27.4 Å². The van der Waals surface area contributed by atoms with Gasteiger partial charge in [0, 0.05) is 18.9 Å². The van der Waals surface area contributed by atoms with Crippen LogP contribution in [0.3, 0.4) is 0 Å². The van der Waals surface area contributed by atoms with Crippen molar-refractivity contribution < 1.29 is 60.4 Å². The molecule has 420 valence electrons. The van der Waals surface area contributed by atoms with Gasteiger partial charge in [-0.15, -0.1) is 0 Å². The number of carbonyl (C=O) groups is 3. The number of halogens is 4. The number of fused-ring (bicyclic) bond motifs is 5. The molecule has 0 aromatic heterocycles. The Kier molecular flexibility index (Phi) is 17.4. The highest BCUT2D eigenvalue weighted by Gasteiger charge is 2.59. The van der Waals surface area contributed by atoms with E-state index in [0.29, 0.717) is 41.6 Å². The first kappa shape index (κ1) is 56.8. The maximum absolute atomic E-state index is 14.8. The highest BCUT2D eigenvalue weighted by molar-refractivity contribution is 5.79.